The SMILES string of the molecule is CCOc1ccc(O[B]Oc2ccc(OCC)c(F)c2)cc1F. The van der Waals surface area contributed by atoms with Gasteiger partial charge in [0.1, 0.15) is 11.5 Å². The smallest absolute Gasteiger partial charge is 0.526 e. The molecule has 2 aromatic rings. The molecule has 0 N–H and O–H groups in total. The molecule has 0 bridgehead atoms. The first-order valence-corrected chi connectivity index (χ1v) is 7.13. The number of halogens is 2. The number of ether oxygens (including phenoxy) is 2. The van der Waals surface area contributed by atoms with Gasteiger partial charge in [-0.3, -0.25) is 0 Å². The highest BCUT2D eigenvalue weighted by Crippen LogP contribution is 2.24. The van der Waals surface area contributed by atoms with Crippen LogP contribution in [-0.2, 0) is 0 Å². The molecule has 0 aliphatic carbocycles. The molecule has 0 aliphatic heterocycles. The third-order valence-electron chi connectivity index (χ3n) is 2.77. The second-order valence-corrected chi connectivity index (χ2v) is 4.38. The first-order valence-electron chi connectivity index (χ1n) is 7.13. The van der Waals surface area contributed by atoms with Gasteiger partial charge in [0.2, 0.25) is 0 Å². The van der Waals surface area contributed by atoms with Gasteiger partial charge in [-0.05, 0) is 38.1 Å². The van der Waals surface area contributed by atoms with E-state index in [0.717, 1.165) is 7.69 Å². The zero-order chi connectivity index (χ0) is 16.7. The van der Waals surface area contributed by atoms with E-state index in [2.05, 4.69) is 0 Å². The van der Waals surface area contributed by atoms with Crippen molar-refractivity contribution in [1.82, 2.24) is 0 Å². The molecule has 0 aliphatic rings. The van der Waals surface area contributed by atoms with E-state index < -0.39 is 11.6 Å². The maximum Gasteiger partial charge on any atom is 0.658 e. The molecule has 0 heterocycles. The van der Waals surface area contributed by atoms with Crippen LogP contribution in [0.4, 0.5) is 8.78 Å². The van der Waals surface area contributed by atoms with Crippen LogP contribution in [0, 0.1) is 11.6 Å². The lowest BCUT2D eigenvalue weighted by atomic mass is 10.2. The summed E-state index contributed by atoms with van der Waals surface area (Å²) in [6, 6.07) is 8.32. The third kappa shape index (κ3) is 4.77. The summed E-state index contributed by atoms with van der Waals surface area (Å²) in [5, 5.41) is 0. The summed E-state index contributed by atoms with van der Waals surface area (Å²) >= 11 is 0. The second kappa shape index (κ2) is 8.26. The standard InChI is InChI=1S/C16H16BF2O4/c1-3-20-15-7-5-11(9-13(15)18)22-17-23-12-6-8-16(21-4-2)14(19)10-12/h5-10H,3-4H2,1-2H3. The minimum Gasteiger partial charge on any atom is -0.526 e. The van der Waals surface area contributed by atoms with Crippen LogP contribution in [0.1, 0.15) is 13.8 Å². The first-order chi connectivity index (χ1) is 11.1. The Bertz CT molecular complexity index is 596. The number of benzene rings is 2. The fraction of sp³-hybridized carbons (Fsp3) is 0.250. The Kier molecular flexibility index (Phi) is 6.08. The Labute approximate surface area is 134 Å². The highest BCUT2D eigenvalue weighted by Gasteiger charge is 2.09. The molecule has 121 valence electrons. The Balaban J connectivity index is 1.89. The molecule has 0 unspecified atom stereocenters. The summed E-state index contributed by atoms with van der Waals surface area (Å²) < 4.78 is 47.7. The summed E-state index contributed by atoms with van der Waals surface area (Å²) in [4.78, 5) is 0. The minimum absolute atomic E-state index is 0.148. The lowest BCUT2D eigenvalue weighted by Crippen LogP contribution is -2.11. The van der Waals surface area contributed by atoms with E-state index in [9.17, 15) is 8.78 Å². The van der Waals surface area contributed by atoms with Crippen LogP contribution in [-0.4, -0.2) is 20.9 Å². The molecule has 0 saturated carbocycles. The summed E-state index contributed by atoms with van der Waals surface area (Å²) in [5.41, 5.74) is 0. The van der Waals surface area contributed by atoms with Crippen molar-refractivity contribution in [2.75, 3.05) is 13.2 Å². The fourth-order valence-electron chi connectivity index (χ4n) is 1.79. The van der Waals surface area contributed by atoms with Gasteiger partial charge in [-0.15, -0.1) is 0 Å². The predicted molar refractivity (Wildman–Crippen MR) is 82.1 cm³/mol. The van der Waals surface area contributed by atoms with Crippen LogP contribution in [0.15, 0.2) is 36.4 Å². The molecule has 7 heteroatoms. The van der Waals surface area contributed by atoms with Crippen molar-refractivity contribution in [2.24, 2.45) is 0 Å². The van der Waals surface area contributed by atoms with Crippen LogP contribution in [0.25, 0.3) is 0 Å². The van der Waals surface area contributed by atoms with Crippen LogP contribution < -0.4 is 18.8 Å². The summed E-state index contributed by atoms with van der Waals surface area (Å²) in [7, 11) is 0.990. The molecule has 4 nitrogen and oxygen atoms in total. The van der Waals surface area contributed by atoms with E-state index in [4.69, 9.17) is 18.8 Å². The lowest BCUT2D eigenvalue weighted by Gasteiger charge is -2.10. The van der Waals surface area contributed by atoms with Gasteiger partial charge in [0.05, 0.1) is 13.2 Å². The zero-order valence-corrected chi connectivity index (χ0v) is 12.8. The van der Waals surface area contributed by atoms with E-state index in [1.165, 1.54) is 36.4 Å². The average Bonchev–Trinajstić information content (AvgIpc) is 2.53. The van der Waals surface area contributed by atoms with Gasteiger partial charge in [-0.2, -0.15) is 0 Å². The van der Waals surface area contributed by atoms with Gasteiger partial charge in [0.25, 0.3) is 0 Å². The molecule has 0 fully saturated rings. The van der Waals surface area contributed by atoms with Crippen molar-refractivity contribution >= 4 is 7.69 Å². The van der Waals surface area contributed by atoms with E-state index in [0.29, 0.717) is 13.2 Å². The zero-order valence-electron chi connectivity index (χ0n) is 12.8. The van der Waals surface area contributed by atoms with Gasteiger partial charge < -0.3 is 18.8 Å². The van der Waals surface area contributed by atoms with E-state index in [1.807, 2.05) is 0 Å². The quantitative estimate of drug-likeness (QED) is 0.694. The maximum absolute atomic E-state index is 13.6. The van der Waals surface area contributed by atoms with Crippen LogP contribution >= 0.6 is 0 Å². The molecule has 0 aromatic heterocycles. The Morgan fingerprint density at radius 3 is 1.57 bits per heavy atom. The average molecular weight is 321 g/mol. The highest BCUT2D eigenvalue weighted by molar-refractivity contribution is 6.20. The van der Waals surface area contributed by atoms with E-state index in [-0.39, 0.29) is 23.0 Å². The molecule has 2 rings (SSSR count). The van der Waals surface area contributed by atoms with Crippen molar-refractivity contribution in [1.29, 1.82) is 0 Å². The molecule has 23 heavy (non-hydrogen) atoms. The Hall–Kier alpha value is -2.44. The minimum atomic E-state index is -0.537. The largest absolute Gasteiger partial charge is 0.658 e. The molecule has 0 amide bonds. The van der Waals surface area contributed by atoms with Gasteiger partial charge in [-0.1, -0.05) is 0 Å². The molecule has 0 atom stereocenters. The third-order valence-corrected chi connectivity index (χ3v) is 2.77. The highest BCUT2D eigenvalue weighted by atomic mass is 19.1. The van der Waals surface area contributed by atoms with Crippen LogP contribution in [0.5, 0.6) is 23.0 Å². The van der Waals surface area contributed by atoms with Crippen LogP contribution in [0.2, 0.25) is 0 Å². The van der Waals surface area contributed by atoms with Crippen LogP contribution in [0.3, 0.4) is 0 Å². The maximum atomic E-state index is 13.6. The summed E-state index contributed by atoms with van der Waals surface area (Å²) in [6.45, 7) is 4.27. The molecular formula is C16H16BF2O4. The van der Waals surface area contributed by atoms with Gasteiger partial charge in [0.15, 0.2) is 23.1 Å². The first kappa shape index (κ1) is 16.9. The Morgan fingerprint density at radius 2 is 1.22 bits per heavy atom. The van der Waals surface area contributed by atoms with Gasteiger partial charge >= 0.3 is 7.69 Å². The predicted octanol–water partition coefficient (Wildman–Crippen LogP) is 3.75. The van der Waals surface area contributed by atoms with E-state index in [1.54, 1.807) is 13.8 Å². The lowest BCUT2D eigenvalue weighted by molar-refractivity contribution is 0.320. The molecule has 0 spiro atoms. The van der Waals surface area contributed by atoms with Gasteiger partial charge in [0, 0.05) is 12.1 Å². The van der Waals surface area contributed by atoms with Crippen molar-refractivity contribution in [3.8, 4) is 23.0 Å². The topological polar surface area (TPSA) is 36.9 Å². The summed E-state index contributed by atoms with van der Waals surface area (Å²) in [5.74, 6) is -0.312. The fourth-order valence-corrected chi connectivity index (χ4v) is 1.79. The van der Waals surface area contributed by atoms with Crippen molar-refractivity contribution in [2.45, 2.75) is 13.8 Å². The second-order valence-electron chi connectivity index (χ2n) is 4.38. The van der Waals surface area contributed by atoms with Crippen molar-refractivity contribution < 1.29 is 27.6 Å². The normalized spacial score (nSPS) is 10.1. The van der Waals surface area contributed by atoms with E-state index >= 15 is 0 Å². The number of hydrogen-bond acceptors (Lipinski definition) is 4. The molecule has 0 saturated heterocycles. The summed E-state index contributed by atoms with van der Waals surface area (Å²) in [6.07, 6.45) is 0. The van der Waals surface area contributed by atoms with Gasteiger partial charge in [-0.25, -0.2) is 8.78 Å². The molecule has 1 radical (unpaired) electrons. The monoisotopic (exact) mass is 321 g/mol. The Morgan fingerprint density at radius 1 is 0.783 bits per heavy atom. The van der Waals surface area contributed by atoms with Crippen molar-refractivity contribution in [3.05, 3.63) is 48.0 Å². The molecule has 2 aromatic carbocycles. The number of hydrogen-bond donors (Lipinski definition) is 0. The van der Waals surface area contributed by atoms with Crippen molar-refractivity contribution in [3.63, 3.8) is 0 Å². The number of rotatable bonds is 8. The molecular weight excluding hydrogens is 305 g/mol.